The maximum absolute atomic E-state index is 13.4. The Morgan fingerprint density at radius 1 is 1.23 bits per heavy atom. The van der Waals surface area contributed by atoms with Crippen LogP contribution in [0.1, 0.15) is 41.9 Å². The summed E-state index contributed by atoms with van der Waals surface area (Å²) in [7, 11) is 0. The summed E-state index contributed by atoms with van der Waals surface area (Å²) in [6, 6.07) is 6.20. The van der Waals surface area contributed by atoms with Crippen LogP contribution in [0.25, 0.3) is 0 Å². The van der Waals surface area contributed by atoms with Crippen molar-refractivity contribution in [2.75, 3.05) is 18.4 Å². The quantitative estimate of drug-likeness (QED) is 0.683. The van der Waals surface area contributed by atoms with E-state index >= 15 is 0 Å². The Hall–Kier alpha value is -3.07. The van der Waals surface area contributed by atoms with Gasteiger partial charge in [-0.05, 0) is 43.9 Å². The van der Waals surface area contributed by atoms with Gasteiger partial charge in [0.1, 0.15) is 11.6 Å². The lowest BCUT2D eigenvalue weighted by molar-refractivity contribution is 0.100. The van der Waals surface area contributed by atoms with Gasteiger partial charge < -0.3 is 9.88 Å². The van der Waals surface area contributed by atoms with E-state index in [4.69, 9.17) is 0 Å². The normalized spacial score (nSPS) is 20.6. The van der Waals surface area contributed by atoms with Gasteiger partial charge in [-0.1, -0.05) is 6.07 Å². The number of hydrogen-bond donors (Lipinski definition) is 1. The summed E-state index contributed by atoms with van der Waals surface area (Å²) in [5.41, 5.74) is 1.63. The van der Waals surface area contributed by atoms with Crippen LogP contribution in [0.4, 0.5) is 10.1 Å². The molecule has 0 unspecified atom stereocenters. The van der Waals surface area contributed by atoms with E-state index in [1.165, 1.54) is 17.7 Å². The van der Waals surface area contributed by atoms with Crippen LogP contribution in [0.5, 0.6) is 0 Å². The molecule has 8 nitrogen and oxygen atoms in total. The molecule has 0 aliphatic carbocycles. The van der Waals surface area contributed by atoms with Crippen molar-refractivity contribution in [2.45, 2.75) is 39.4 Å². The van der Waals surface area contributed by atoms with Crippen molar-refractivity contribution < 1.29 is 9.18 Å². The molecule has 2 aliphatic rings. The minimum atomic E-state index is -0.395. The van der Waals surface area contributed by atoms with Crippen molar-refractivity contribution in [3.8, 4) is 0 Å². The van der Waals surface area contributed by atoms with Crippen LogP contribution < -0.4 is 5.32 Å². The predicted octanol–water partition coefficient (Wildman–Crippen LogP) is 2.75. The smallest absolute Gasteiger partial charge is 0.293 e. The number of halogens is 1. The minimum absolute atomic E-state index is 0.286. The van der Waals surface area contributed by atoms with Crippen LogP contribution in [0.3, 0.4) is 0 Å². The van der Waals surface area contributed by atoms with Gasteiger partial charge in [0, 0.05) is 56.1 Å². The van der Waals surface area contributed by atoms with Crippen LogP contribution in [0.15, 0.2) is 36.7 Å². The summed E-state index contributed by atoms with van der Waals surface area (Å²) in [6.45, 7) is 7.83. The minimum Gasteiger partial charge on any atom is -0.319 e. The first-order chi connectivity index (χ1) is 15.0. The fraction of sp³-hybridized carbons (Fsp3) is 0.455. The highest BCUT2D eigenvalue weighted by molar-refractivity contribution is 6.01. The number of aromatic nitrogens is 5. The zero-order chi connectivity index (χ0) is 21.5. The highest BCUT2D eigenvalue weighted by atomic mass is 19.1. The van der Waals surface area contributed by atoms with Crippen molar-refractivity contribution in [1.82, 2.24) is 29.4 Å². The molecule has 1 N–H and O–H groups in total. The first-order valence-corrected chi connectivity index (χ1v) is 10.7. The molecule has 2 atom stereocenters. The van der Waals surface area contributed by atoms with Gasteiger partial charge in [0.25, 0.3) is 5.91 Å². The van der Waals surface area contributed by atoms with Gasteiger partial charge in [-0.2, -0.15) is 5.10 Å². The zero-order valence-corrected chi connectivity index (χ0v) is 17.7. The second-order valence-electron chi connectivity index (χ2n) is 8.86. The number of carbonyl (C=O) groups is 1. The lowest BCUT2D eigenvalue weighted by Crippen LogP contribution is -2.31. The third-order valence-corrected chi connectivity index (χ3v) is 6.22. The molecule has 0 radical (unpaired) electrons. The number of nitrogens with one attached hydrogen (secondary N) is 1. The Balaban J connectivity index is 1.26. The number of nitrogens with zero attached hydrogens (tertiary/aromatic N) is 6. The molecule has 2 aromatic heterocycles. The number of likely N-dealkylation sites (tertiary alicyclic amines) is 1. The van der Waals surface area contributed by atoms with Crippen LogP contribution in [-0.4, -0.2) is 48.4 Å². The topological polar surface area (TPSA) is 80.9 Å². The van der Waals surface area contributed by atoms with Crippen molar-refractivity contribution in [1.29, 1.82) is 0 Å². The number of hydrogen-bond acceptors (Lipinski definition) is 5. The number of carbonyl (C=O) groups excluding carboxylic acids is 1. The van der Waals surface area contributed by atoms with Gasteiger partial charge in [-0.3, -0.25) is 14.4 Å². The molecule has 0 spiro atoms. The molecule has 162 valence electrons. The first-order valence-electron chi connectivity index (χ1n) is 10.7. The molecule has 0 saturated carbocycles. The summed E-state index contributed by atoms with van der Waals surface area (Å²) < 4.78 is 17.3. The van der Waals surface area contributed by atoms with E-state index in [0.29, 0.717) is 23.6 Å². The van der Waals surface area contributed by atoms with Gasteiger partial charge in [-0.15, -0.1) is 10.2 Å². The van der Waals surface area contributed by atoms with Gasteiger partial charge in [0.2, 0.25) is 5.82 Å². The summed E-state index contributed by atoms with van der Waals surface area (Å²) in [5.74, 6) is 1.34. The second-order valence-corrected chi connectivity index (χ2v) is 8.86. The molecule has 0 bridgehead atoms. The van der Waals surface area contributed by atoms with Gasteiger partial charge in [0.15, 0.2) is 0 Å². The number of benzene rings is 1. The standard InChI is InChI=1S/C22H26FN7O/c1-14(2)30-10-15(8-24-30)9-28-11-16-6-20-26-27-21(29(20)13-17(16)12-28)22(31)25-19-5-3-4-18(23)7-19/h3-5,7-8,10,14,16-17H,6,9,11-13H2,1-2H3,(H,25,31)/t16-,17-/m1/s1. The largest absolute Gasteiger partial charge is 0.319 e. The number of amides is 1. The third-order valence-electron chi connectivity index (χ3n) is 6.22. The highest BCUT2D eigenvalue weighted by Gasteiger charge is 2.39. The van der Waals surface area contributed by atoms with E-state index in [1.54, 1.807) is 12.1 Å². The van der Waals surface area contributed by atoms with E-state index in [9.17, 15) is 9.18 Å². The fourth-order valence-corrected chi connectivity index (χ4v) is 4.67. The predicted molar refractivity (Wildman–Crippen MR) is 113 cm³/mol. The molecule has 1 aromatic carbocycles. The van der Waals surface area contributed by atoms with Crippen molar-refractivity contribution >= 4 is 11.6 Å². The summed E-state index contributed by atoms with van der Waals surface area (Å²) >= 11 is 0. The highest BCUT2D eigenvalue weighted by Crippen LogP contribution is 2.33. The molecule has 4 heterocycles. The molecule has 2 aliphatic heterocycles. The molecule has 9 heteroatoms. The summed E-state index contributed by atoms with van der Waals surface area (Å²) in [5, 5.41) is 15.6. The Morgan fingerprint density at radius 3 is 2.84 bits per heavy atom. The SMILES string of the molecule is CC(C)n1cc(CN2C[C@H]3Cc4nnc(C(=O)Nc5cccc(F)c5)n4C[C@H]3C2)cn1. The number of anilines is 1. The number of fused-ring (bicyclic) bond motifs is 2. The fourth-order valence-electron chi connectivity index (χ4n) is 4.67. The van der Waals surface area contributed by atoms with Crippen LogP contribution in [0, 0.1) is 17.7 Å². The Labute approximate surface area is 180 Å². The van der Waals surface area contributed by atoms with Gasteiger partial charge in [0.05, 0.1) is 6.20 Å². The van der Waals surface area contributed by atoms with Gasteiger partial charge >= 0.3 is 0 Å². The zero-order valence-electron chi connectivity index (χ0n) is 17.7. The summed E-state index contributed by atoms with van der Waals surface area (Å²) in [6.07, 6.45) is 4.88. The molecule has 1 fully saturated rings. The van der Waals surface area contributed by atoms with E-state index in [0.717, 1.165) is 38.4 Å². The van der Waals surface area contributed by atoms with Crippen LogP contribution in [-0.2, 0) is 19.5 Å². The van der Waals surface area contributed by atoms with Gasteiger partial charge in [-0.25, -0.2) is 4.39 Å². The third kappa shape index (κ3) is 3.97. The van der Waals surface area contributed by atoms with E-state index in [2.05, 4.69) is 45.6 Å². The molecular weight excluding hydrogens is 397 g/mol. The molecule has 3 aromatic rings. The maximum Gasteiger partial charge on any atom is 0.293 e. The monoisotopic (exact) mass is 423 g/mol. The number of rotatable bonds is 5. The van der Waals surface area contributed by atoms with E-state index < -0.39 is 5.82 Å². The first kappa shape index (κ1) is 19.9. The maximum atomic E-state index is 13.4. The molecule has 1 saturated heterocycles. The Morgan fingerprint density at radius 2 is 2.06 bits per heavy atom. The average molecular weight is 423 g/mol. The van der Waals surface area contributed by atoms with Crippen molar-refractivity contribution in [3.05, 3.63) is 59.7 Å². The Bertz CT molecular complexity index is 1100. The lowest BCUT2D eigenvalue weighted by Gasteiger charge is -2.25. The lowest BCUT2D eigenvalue weighted by atomic mass is 9.89. The Kier molecular flexibility index (Phi) is 5.05. The van der Waals surface area contributed by atoms with Crippen molar-refractivity contribution in [3.63, 3.8) is 0 Å². The van der Waals surface area contributed by atoms with Crippen LogP contribution >= 0.6 is 0 Å². The summed E-state index contributed by atoms with van der Waals surface area (Å²) in [4.78, 5) is 15.2. The second kappa shape index (κ2) is 7.88. The van der Waals surface area contributed by atoms with E-state index in [-0.39, 0.29) is 11.7 Å². The van der Waals surface area contributed by atoms with Crippen LogP contribution in [0.2, 0.25) is 0 Å². The molecular formula is C22H26FN7O. The molecule has 31 heavy (non-hydrogen) atoms. The average Bonchev–Trinajstić information content (AvgIpc) is 3.43. The molecule has 1 amide bonds. The molecule has 5 rings (SSSR count). The van der Waals surface area contributed by atoms with E-state index in [1.807, 2.05) is 15.4 Å². The van der Waals surface area contributed by atoms with Crippen molar-refractivity contribution in [2.24, 2.45) is 11.8 Å².